The lowest BCUT2D eigenvalue weighted by Crippen LogP contribution is -2.29. The van der Waals surface area contributed by atoms with E-state index in [-0.39, 0.29) is 17.1 Å². The zero-order chi connectivity index (χ0) is 23.4. The zero-order valence-corrected chi connectivity index (χ0v) is 21.1. The lowest BCUT2D eigenvalue weighted by atomic mass is 9.98. The van der Waals surface area contributed by atoms with Crippen LogP contribution in [0.3, 0.4) is 0 Å². The maximum absolute atomic E-state index is 13.7. The molecule has 0 bridgehead atoms. The summed E-state index contributed by atoms with van der Waals surface area (Å²) in [5.41, 5.74) is 3.38. The second-order valence-corrected chi connectivity index (χ2v) is 10.8. The number of hydrogen-bond acceptors (Lipinski definition) is 6. The van der Waals surface area contributed by atoms with Crippen molar-refractivity contribution in [1.29, 1.82) is 0 Å². The molecule has 1 unspecified atom stereocenters. The van der Waals surface area contributed by atoms with Gasteiger partial charge in [-0.05, 0) is 60.7 Å². The molecule has 5 rings (SSSR count). The van der Waals surface area contributed by atoms with Crippen LogP contribution in [0.15, 0.2) is 50.1 Å². The number of nitrogens with zero attached hydrogens (tertiary/aromatic N) is 3. The zero-order valence-electron chi connectivity index (χ0n) is 18.7. The van der Waals surface area contributed by atoms with Crippen molar-refractivity contribution in [2.45, 2.75) is 40.2 Å². The average Bonchev–Trinajstić information content (AvgIpc) is 3.32. The van der Waals surface area contributed by atoms with Crippen LogP contribution < -0.4 is 10.3 Å². The molecule has 0 N–H and O–H groups in total. The first-order chi connectivity index (χ1) is 15.7. The number of carbonyl (C=O) groups excluding carboxylic acids is 1. The summed E-state index contributed by atoms with van der Waals surface area (Å²) in [4.78, 5) is 28.9. The highest BCUT2D eigenvalue weighted by Crippen LogP contribution is 2.42. The highest BCUT2D eigenvalue weighted by Gasteiger charge is 2.45. The van der Waals surface area contributed by atoms with Gasteiger partial charge >= 0.3 is 0 Å². The van der Waals surface area contributed by atoms with E-state index in [1.807, 2.05) is 50.2 Å². The number of carbonyl (C=O) groups is 1. The molecule has 4 aromatic rings. The lowest BCUT2D eigenvalue weighted by Gasteiger charge is -2.22. The molecule has 1 amide bonds. The molecule has 0 fully saturated rings. The predicted octanol–water partition coefficient (Wildman–Crippen LogP) is 5.97. The van der Waals surface area contributed by atoms with E-state index in [4.69, 9.17) is 4.42 Å². The Kier molecular flexibility index (Phi) is 5.45. The number of aryl methyl sites for hydroxylation is 2. The number of fused-ring (bicyclic) bond motifs is 2. The molecule has 1 atom stereocenters. The van der Waals surface area contributed by atoms with Crippen molar-refractivity contribution in [2.75, 3.05) is 4.90 Å². The third-order valence-corrected chi connectivity index (χ3v) is 7.39. The summed E-state index contributed by atoms with van der Waals surface area (Å²) >= 11 is 4.84. The highest BCUT2D eigenvalue weighted by atomic mass is 79.9. The molecule has 3 heterocycles. The number of amides is 1. The van der Waals surface area contributed by atoms with Crippen molar-refractivity contribution < 1.29 is 9.21 Å². The van der Waals surface area contributed by atoms with Crippen LogP contribution in [0.1, 0.15) is 57.7 Å². The van der Waals surface area contributed by atoms with Gasteiger partial charge in [-0.25, -0.2) is 0 Å². The summed E-state index contributed by atoms with van der Waals surface area (Å²) < 4.78 is 7.00. The smallest absolute Gasteiger partial charge is 0.297 e. The van der Waals surface area contributed by atoms with Gasteiger partial charge in [-0.1, -0.05) is 53.2 Å². The Morgan fingerprint density at radius 3 is 2.48 bits per heavy atom. The molecule has 8 heteroatoms. The van der Waals surface area contributed by atoms with E-state index in [1.54, 1.807) is 4.90 Å². The van der Waals surface area contributed by atoms with Gasteiger partial charge in [0.1, 0.15) is 10.6 Å². The van der Waals surface area contributed by atoms with Gasteiger partial charge in [0.25, 0.3) is 5.91 Å². The summed E-state index contributed by atoms with van der Waals surface area (Å²) in [6.07, 6.45) is 0.773. The molecular formula is C25H22BrN3O3S. The average molecular weight is 524 g/mol. The van der Waals surface area contributed by atoms with E-state index in [0.717, 1.165) is 32.6 Å². The molecule has 0 saturated carbocycles. The Morgan fingerprint density at radius 2 is 1.79 bits per heavy atom. The van der Waals surface area contributed by atoms with Crippen molar-refractivity contribution in [3.8, 4) is 0 Å². The van der Waals surface area contributed by atoms with E-state index < -0.39 is 6.04 Å². The molecule has 0 spiro atoms. The molecule has 2 aromatic heterocycles. The molecule has 1 aliphatic heterocycles. The Balaban J connectivity index is 1.75. The molecule has 6 nitrogen and oxygen atoms in total. The number of hydrogen-bond donors (Lipinski definition) is 0. The van der Waals surface area contributed by atoms with Gasteiger partial charge in [-0.15, -0.1) is 10.2 Å². The largest absolute Gasteiger partial charge is 0.450 e. The first-order valence-electron chi connectivity index (χ1n) is 10.7. The van der Waals surface area contributed by atoms with Crippen molar-refractivity contribution in [2.24, 2.45) is 5.92 Å². The Bertz CT molecular complexity index is 1460. The third-order valence-electron chi connectivity index (χ3n) is 5.92. The van der Waals surface area contributed by atoms with Gasteiger partial charge in [0.15, 0.2) is 5.43 Å². The number of halogens is 1. The maximum atomic E-state index is 13.7. The number of benzene rings is 2. The van der Waals surface area contributed by atoms with E-state index in [9.17, 15) is 9.59 Å². The van der Waals surface area contributed by atoms with Crippen LogP contribution in [0.2, 0.25) is 0 Å². The van der Waals surface area contributed by atoms with Crippen LogP contribution in [0.5, 0.6) is 0 Å². The van der Waals surface area contributed by atoms with E-state index >= 15 is 0 Å². The topological polar surface area (TPSA) is 76.3 Å². The minimum absolute atomic E-state index is 0.0734. The number of anilines is 1. The van der Waals surface area contributed by atoms with Gasteiger partial charge < -0.3 is 4.42 Å². The van der Waals surface area contributed by atoms with Crippen molar-refractivity contribution in [1.82, 2.24) is 10.2 Å². The van der Waals surface area contributed by atoms with Gasteiger partial charge in [-0.2, -0.15) is 0 Å². The van der Waals surface area contributed by atoms with Gasteiger partial charge in [0, 0.05) is 10.9 Å². The van der Waals surface area contributed by atoms with Crippen LogP contribution in [-0.4, -0.2) is 16.1 Å². The van der Waals surface area contributed by atoms with Crippen LogP contribution in [0.4, 0.5) is 5.13 Å². The molecule has 0 saturated heterocycles. The minimum Gasteiger partial charge on any atom is -0.450 e. The third kappa shape index (κ3) is 3.71. The van der Waals surface area contributed by atoms with E-state index in [0.29, 0.717) is 27.6 Å². The molecule has 0 radical (unpaired) electrons. The quantitative estimate of drug-likeness (QED) is 0.329. The summed E-state index contributed by atoms with van der Waals surface area (Å²) in [6.45, 7) is 8.14. The van der Waals surface area contributed by atoms with Crippen LogP contribution in [0, 0.1) is 19.8 Å². The lowest BCUT2D eigenvalue weighted by molar-refractivity contribution is 0.0970. The molecule has 2 aromatic carbocycles. The van der Waals surface area contributed by atoms with Crippen molar-refractivity contribution >= 4 is 49.3 Å². The Labute approximate surface area is 203 Å². The first-order valence-corrected chi connectivity index (χ1v) is 12.3. The van der Waals surface area contributed by atoms with Gasteiger partial charge in [0.2, 0.25) is 10.9 Å². The fraction of sp³-hybridized carbons (Fsp3) is 0.280. The fourth-order valence-electron chi connectivity index (χ4n) is 4.16. The molecular weight excluding hydrogens is 502 g/mol. The normalized spacial score (nSPS) is 15.6. The van der Waals surface area contributed by atoms with E-state index in [2.05, 4.69) is 40.0 Å². The standard InChI is InChI=1S/C25H22BrN3O3S/c1-12(2)9-19-27-28-25(33-19)29-21(15-5-7-16(26)8-6-15)20-22(30)17-10-13(3)14(4)11-18(17)32-23(20)24(29)31/h5-8,10-12,21H,9H2,1-4H3. The second-order valence-electron chi connectivity index (χ2n) is 8.81. The second kappa shape index (κ2) is 8.18. The van der Waals surface area contributed by atoms with Crippen LogP contribution >= 0.6 is 27.3 Å². The fourth-order valence-corrected chi connectivity index (χ4v) is 5.50. The summed E-state index contributed by atoms with van der Waals surface area (Å²) in [7, 11) is 0. The molecule has 168 valence electrons. The Hall–Kier alpha value is -2.84. The van der Waals surface area contributed by atoms with Crippen LogP contribution in [-0.2, 0) is 6.42 Å². The summed E-state index contributed by atoms with van der Waals surface area (Å²) in [5, 5.41) is 10.4. The monoisotopic (exact) mass is 523 g/mol. The molecule has 0 aliphatic carbocycles. The maximum Gasteiger partial charge on any atom is 0.297 e. The molecule has 33 heavy (non-hydrogen) atoms. The minimum atomic E-state index is -0.636. The van der Waals surface area contributed by atoms with Crippen LogP contribution in [0.25, 0.3) is 11.0 Å². The highest BCUT2D eigenvalue weighted by molar-refractivity contribution is 9.10. The first kappa shape index (κ1) is 22.0. The number of rotatable bonds is 4. The predicted molar refractivity (Wildman–Crippen MR) is 133 cm³/mol. The van der Waals surface area contributed by atoms with E-state index in [1.165, 1.54) is 11.3 Å². The van der Waals surface area contributed by atoms with Gasteiger partial charge in [-0.3, -0.25) is 14.5 Å². The molecule has 1 aliphatic rings. The SMILES string of the molecule is Cc1cc2oc3c(c(=O)c2cc1C)C(c1ccc(Br)cc1)N(c1nnc(CC(C)C)s1)C3=O. The summed E-state index contributed by atoms with van der Waals surface area (Å²) in [5.74, 6) is 0.117. The summed E-state index contributed by atoms with van der Waals surface area (Å²) in [6, 6.07) is 10.6. The van der Waals surface area contributed by atoms with Gasteiger partial charge in [0.05, 0.1) is 17.0 Å². The van der Waals surface area contributed by atoms with Crippen molar-refractivity contribution in [3.63, 3.8) is 0 Å². The van der Waals surface area contributed by atoms with Crippen molar-refractivity contribution in [3.05, 3.63) is 84.1 Å². The number of aromatic nitrogens is 2. The Morgan fingerprint density at radius 1 is 1.09 bits per heavy atom.